The van der Waals surface area contributed by atoms with Crippen molar-refractivity contribution in [1.82, 2.24) is 15.0 Å². The summed E-state index contributed by atoms with van der Waals surface area (Å²) in [5, 5.41) is 7.72. The number of anilines is 2. The van der Waals surface area contributed by atoms with E-state index in [-0.39, 0.29) is 0 Å². The van der Waals surface area contributed by atoms with E-state index in [1.165, 1.54) is 0 Å². The van der Waals surface area contributed by atoms with Crippen molar-refractivity contribution in [3.05, 3.63) is 60.0 Å². The zero-order valence-corrected chi connectivity index (χ0v) is 17.2. The van der Waals surface area contributed by atoms with Crippen molar-refractivity contribution in [1.29, 1.82) is 0 Å². The number of pyridine rings is 1. The van der Waals surface area contributed by atoms with Gasteiger partial charge >= 0.3 is 0 Å². The molecule has 2 heterocycles. The lowest BCUT2D eigenvalue weighted by molar-refractivity contribution is 0.716. The Hall–Kier alpha value is -2.31. The fourth-order valence-corrected chi connectivity index (χ4v) is 4.03. The summed E-state index contributed by atoms with van der Waals surface area (Å²) < 4.78 is 0. The Bertz CT molecular complexity index is 917. The second-order valence-corrected chi connectivity index (χ2v) is 8.14. The lowest BCUT2D eigenvalue weighted by Gasteiger charge is -2.15. The third kappa shape index (κ3) is 4.56. The lowest BCUT2D eigenvalue weighted by Crippen LogP contribution is -2.22. The molecule has 0 aliphatic heterocycles. The summed E-state index contributed by atoms with van der Waals surface area (Å²) in [6.45, 7) is 0. The Kier molecular flexibility index (Phi) is 5.98. The Labute approximate surface area is 174 Å². The van der Waals surface area contributed by atoms with E-state index in [2.05, 4.69) is 31.7 Å². The van der Waals surface area contributed by atoms with E-state index >= 15 is 0 Å². The molecule has 2 aromatic heterocycles. The van der Waals surface area contributed by atoms with Crippen molar-refractivity contribution in [3.8, 4) is 11.1 Å². The molecule has 2 atom stereocenters. The van der Waals surface area contributed by atoms with Gasteiger partial charge in [0.2, 0.25) is 5.95 Å². The molecule has 2 N–H and O–H groups in total. The standard InChI is InChI=1S/C21H22ClN5S/c1-28-17-12-24-21(25-13-17)27-16-8-7-15(10-16)26-20-9-6-14(11-23-20)18-4-2-3-5-19(18)22/h2-6,9,11-13,15-16H,7-8,10H2,1H3,(H,23,26)(H,24,25,27)/t15-,16+/m1/s1. The van der Waals surface area contributed by atoms with Crippen LogP contribution in [-0.4, -0.2) is 33.3 Å². The molecule has 0 bridgehead atoms. The van der Waals surface area contributed by atoms with Crippen LogP contribution in [0.3, 0.4) is 0 Å². The summed E-state index contributed by atoms with van der Waals surface area (Å²) in [5.74, 6) is 1.59. The van der Waals surface area contributed by atoms with Crippen molar-refractivity contribution >= 4 is 35.1 Å². The topological polar surface area (TPSA) is 62.7 Å². The Morgan fingerprint density at radius 1 is 0.929 bits per heavy atom. The molecule has 1 aromatic carbocycles. The van der Waals surface area contributed by atoms with E-state index in [0.29, 0.717) is 18.0 Å². The van der Waals surface area contributed by atoms with Crippen LogP contribution in [0.1, 0.15) is 19.3 Å². The van der Waals surface area contributed by atoms with E-state index in [4.69, 9.17) is 11.6 Å². The van der Waals surface area contributed by atoms with Gasteiger partial charge in [0, 0.05) is 51.7 Å². The van der Waals surface area contributed by atoms with Gasteiger partial charge in [0.25, 0.3) is 0 Å². The molecule has 0 saturated heterocycles. The minimum Gasteiger partial charge on any atom is -0.367 e. The first-order chi connectivity index (χ1) is 13.7. The molecule has 0 radical (unpaired) electrons. The summed E-state index contributed by atoms with van der Waals surface area (Å²) >= 11 is 7.92. The third-order valence-electron chi connectivity index (χ3n) is 4.93. The molecule has 7 heteroatoms. The minimum atomic E-state index is 0.375. The number of nitrogens with zero attached hydrogens (tertiary/aromatic N) is 3. The minimum absolute atomic E-state index is 0.375. The van der Waals surface area contributed by atoms with Crippen molar-refractivity contribution in [2.24, 2.45) is 0 Å². The van der Waals surface area contributed by atoms with E-state index in [0.717, 1.165) is 46.1 Å². The van der Waals surface area contributed by atoms with Gasteiger partial charge in [0.1, 0.15) is 5.82 Å². The van der Waals surface area contributed by atoms with Crippen molar-refractivity contribution in [2.75, 3.05) is 16.9 Å². The summed E-state index contributed by atoms with van der Waals surface area (Å²) in [4.78, 5) is 14.4. The van der Waals surface area contributed by atoms with E-state index in [1.54, 1.807) is 11.8 Å². The molecule has 4 rings (SSSR count). The number of thioether (sulfide) groups is 1. The Morgan fingerprint density at radius 2 is 1.68 bits per heavy atom. The van der Waals surface area contributed by atoms with Gasteiger partial charge in [-0.1, -0.05) is 29.8 Å². The quantitative estimate of drug-likeness (QED) is 0.532. The first-order valence-electron chi connectivity index (χ1n) is 9.31. The van der Waals surface area contributed by atoms with Gasteiger partial charge in [-0.3, -0.25) is 0 Å². The van der Waals surface area contributed by atoms with E-state index in [1.807, 2.05) is 55.2 Å². The summed E-state index contributed by atoms with van der Waals surface area (Å²) in [6, 6.07) is 12.7. The molecular formula is C21H22ClN5S. The first-order valence-corrected chi connectivity index (χ1v) is 10.9. The monoisotopic (exact) mass is 411 g/mol. The van der Waals surface area contributed by atoms with Gasteiger partial charge in [0.05, 0.1) is 0 Å². The molecule has 28 heavy (non-hydrogen) atoms. The molecule has 144 valence electrons. The molecular weight excluding hydrogens is 390 g/mol. The number of hydrogen-bond donors (Lipinski definition) is 2. The van der Waals surface area contributed by atoms with Gasteiger partial charge in [-0.25, -0.2) is 15.0 Å². The Balaban J connectivity index is 1.33. The van der Waals surface area contributed by atoms with Gasteiger partial charge < -0.3 is 10.6 Å². The maximum Gasteiger partial charge on any atom is 0.222 e. The fourth-order valence-electron chi connectivity index (χ4n) is 3.47. The van der Waals surface area contributed by atoms with Crippen molar-refractivity contribution < 1.29 is 0 Å². The number of rotatable bonds is 6. The fraction of sp³-hybridized carbons (Fsp3) is 0.286. The molecule has 1 aliphatic rings. The molecule has 0 unspecified atom stereocenters. The molecule has 3 aromatic rings. The van der Waals surface area contributed by atoms with Crippen LogP contribution in [0.15, 0.2) is 59.9 Å². The normalized spacial score (nSPS) is 18.8. The third-order valence-corrected chi connectivity index (χ3v) is 5.94. The van der Waals surface area contributed by atoms with Gasteiger partial charge in [-0.05, 0) is 43.7 Å². The average Bonchev–Trinajstić information content (AvgIpc) is 3.16. The molecule has 1 saturated carbocycles. The maximum absolute atomic E-state index is 6.27. The van der Waals surface area contributed by atoms with Gasteiger partial charge in [-0.2, -0.15) is 0 Å². The summed E-state index contributed by atoms with van der Waals surface area (Å²) in [6.07, 6.45) is 10.8. The van der Waals surface area contributed by atoms with Crippen molar-refractivity contribution in [3.63, 3.8) is 0 Å². The highest BCUT2D eigenvalue weighted by Crippen LogP contribution is 2.29. The smallest absolute Gasteiger partial charge is 0.222 e. The predicted molar refractivity (Wildman–Crippen MR) is 117 cm³/mol. The van der Waals surface area contributed by atoms with Crippen LogP contribution in [0, 0.1) is 0 Å². The zero-order valence-electron chi connectivity index (χ0n) is 15.6. The largest absolute Gasteiger partial charge is 0.367 e. The van der Waals surface area contributed by atoms with Crippen LogP contribution in [0.4, 0.5) is 11.8 Å². The highest BCUT2D eigenvalue weighted by atomic mass is 35.5. The number of halogens is 1. The molecule has 0 spiro atoms. The van der Waals surface area contributed by atoms with Crippen LogP contribution in [0.5, 0.6) is 0 Å². The van der Waals surface area contributed by atoms with Crippen LogP contribution in [0.2, 0.25) is 5.02 Å². The highest BCUT2D eigenvalue weighted by Gasteiger charge is 2.25. The van der Waals surface area contributed by atoms with Gasteiger partial charge in [0.15, 0.2) is 0 Å². The first kappa shape index (κ1) is 19.0. The van der Waals surface area contributed by atoms with E-state index in [9.17, 15) is 0 Å². The van der Waals surface area contributed by atoms with Crippen LogP contribution < -0.4 is 10.6 Å². The number of benzene rings is 1. The molecule has 0 amide bonds. The van der Waals surface area contributed by atoms with Crippen LogP contribution in [-0.2, 0) is 0 Å². The van der Waals surface area contributed by atoms with Gasteiger partial charge in [-0.15, -0.1) is 11.8 Å². The average molecular weight is 412 g/mol. The molecule has 1 aliphatic carbocycles. The van der Waals surface area contributed by atoms with Crippen molar-refractivity contribution in [2.45, 2.75) is 36.2 Å². The second kappa shape index (κ2) is 8.80. The van der Waals surface area contributed by atoms with E-state index < -0.39 is 0 Å². The number of aromatic nitrogens is 3. The van der Waals surface area contributed by atoms with Crippen LogP contribution in [0.25, 0.3) is 11.1 Å². The maximum atomic E-state index is 6.27. The highest BCUT2D eigenvalue weighted by molar-refractivity contribution is 7.98. The predicted octanol–water partition coefficient (Wildman–Crippen LogP) is 5.36. The lowest BCUT2D eigenvalue weighted by atomic mass is 10.1. The second-order valence-electron chi connectivity index (χ2n) is 6.85. The summed E-state index contributed by atoms with van der Waals surface area (Å²) in [7, 11) is 0. The zero-order chi connectivity index (χ0) is 19.3. The molecule has 1 fully saturated rings. The number of nitrogens with one attached hydrogen (secondary N) is 2. The molecule has 5 nitrogen and oxygen atoms in total. The summed E-state index contributed by atoms with van der Waals surface area (Å²) in [5.41, 5.74) is 2.02. The SMILES string of the molecule is CSc1cnc(N[C@H]2CC[C@@H](Nc3ccc(-c4ccccc4Cl)cn3)C2)nc1. The Morgan fingerprint density at radius 3 is 2.36 bits per heavy atom. The number of hydrogen-bond acceptors (Lipinski definition) is 6. The van der Waals surface area contributed by atoms with Crippen LogP contribution >= 0.6 is 23.4 Å².